The van der Waals surface area contributed by atoms with Gasteiger partial charge in [-0.15, -0.1) is 0 Å². The number of nitrogens with one attached hydrogen (secondary N) is 2. The molecule has 0 fully saturated rings. The van der Waals surface area contributed by atoms with Crippen LogP contribution in [0.4, 0.5) is 79.0 Å². The molecule has 0 saturated heterocycles. The average Bonchev–Trinajstić information content (AvgIpc) is 2.96. The molecule has 32 heteroatoms. The first-order chi connectivity index (χ1) is 38.6. The Morgan fingerprint density at radius 2 is 0.476 bits per heavy atom. The zero-order valence-corrected chi connectivity index (χ0v) is 42.3. The number of hydrazone groups is 2. The number of benzene rings is 6. The molecule has 0 aliphatic heterocycles. The summed E-state index contributed by atoms with van der Waals surface area (Å²) in [6, 6.07) is 19.5. The average molecular weight is 1210 g/mol. The lowest BCUT2D eigenvalue weighted by atomic mass is 9.72. The van der Waals surface area contributed by atoms with Crippen LogP contribution < -0.4 is 46.1 Å². The highest BCUT2D eigenvalue weighted by molar-refractivity contribution is 5.98. The van der Waals surface area contributed by atoms with Gasteiger partial charge in [0.05, 0.1) is 0 Å². The van der Waals surface area contributed by atoms with Crippen molar-refractivity contribution in [3.05, 3.63) is 219 Å². The topological polar surface area (TPSA) is 313 Å². The van der Waals surface area contributed by atoms with E-state index in [0.717, 1.165) is 72.8 Å². The maximum Gasteiger partial charge on any atom is 0.411 e. The number of hydrogen-bond donors (Lipinski definition) is 11. The summed E-state index contributed by atoms with van der Waals surface area (Å²) in [5, 5.41) is 32.1. The molecule has 6 aromatic carbocycles. The van der Waals surface area contributed by atoms with Gasteiger partial charge in [-0.25, -0.2) is 0 Å². The molecule has 0 spiro atoms. The van der Waals surface area contributed by atoms with Gasteiger partial charge in [-0.05, 0) is 38.9 Å². The number of amidine groups is 5. The van der Waals surface area contributed by atoms with Crippen LogP contribution in [-0.2, 0) is 16.2 Å². The molecule has 0 atom stereocenters. The Morgan fingerprint density at radius 3 is 0.619 bits per heavy atom. The molecule has 0 aromatic heterocycles. The molecule has 0 amide bonds. The van der Waals surface area contributed by atoms with Crippen molar-refractivity contribution in [2.45, 2.75) is 53.3 Å². The molecule has 0 unspecified atom stereocenters. The first kappa shape index (κ1) is 66.9. The smallest absolute Gasteiger partial charge is 0.409 e. The molecule has 19 N–H and O–H groups in total. The Hall–Kier alpha value is -9.65. The summed E-state index contributed by atoms with van der Waals surface area (Å²) in [5.74, 6) is 8.03. The normalized spacial score (nSPS) is 13.4. The Bertz CT molecular complexity index is 3200. The van der Waals surface area contributed by atoms with Crippen molar-refractivity contribution in [1.29, 1.82) is 10.8 Å². The van der Waals surface area contributed by atoms with Gasteiger partial charge in [-0.3, -0.25) is 10.8 Å². The predicted octanol–water partition coefficient (Wildman–Crippen LogP) is 10.0. The van der Waals surface area contributed by atoms with Gasteiger partial charge in [0.2, 0.25) is 16.2 Å². The summed E-state index contributed by atoms with van der Waals surface area (Å²) in [6.45, 7) is 3.40. The van der Waals surface area contributed by atoms with Gasteiger partial charge < -0.3 is 51.3 Å². The van der Waals surface area contributed by atoms with Gasteiger partial charge in [0.25, 0.3) is 0 Å². The molecule has 0 aliphatic rings. The molecular weight excluding hydrogens is 1160 g/mol. The summed E-state index contributed by atoms with van der Waals surface area (Å²) in [6.07, 6.45) is -34.3. The number of nitrogens with two attached hydrogens (primary N) is 8. The molecule has 0 heterocycles. The van der Waals surface area contributed by atoms with Gasteiger partial charge in [0, 0.05) is 33.5 Å². The summed E-state index contributed by atoms with van der Waals surface area (Å²) < 4.78 is 252. The van der Waals surface area contributed by atoms with Crippen molar-refractivity contribution in [3.8, 4) is 0 Å². The van der Waals surface area contributed by atoms with Crippen LogP contribution in [-0.4, -0.2) is 71.4 Å². The Kier molecular flexibility index (Phi) is 19.4. The summed E-state index contributed by atoms with van der Waals surface area (Å²) in [4.78, 5) is 0. The number of nitrogens with zero attached hydrogens (tertiary/aromatic N) is 3. The van der Waals surface area contributed by atoms with Crippen molar-refractivity contribution in [3.63, 3.8) is 0 Å². The number of oxime groups is 1. The fraction of sp³-hybridized carbons (Fsp3) is 0.173. The van der Waals surface area contributed by atoms with Gasteiger partial charge in [-0.1, -0.05) is 157 Å². The fourth-order valence-corrected chi connectivity index (χ4v) is 8.56. The third-order valence-electron chi connectivity index (χ3n) is 12.7. The quantitative estimate of drug-likeness (QED) is 0.0138. The third-order valence-corrected chi connectivity index (χ3v) is 12.7. The highest BCUT2D eigenvalue weighted by atomic mass is 19.4. The standard InChI is InChI=1S/C18H15F6N3O.C17H16F6N6.C17H14F6N4/c1-10(25)11-2-6-13(7-3-11)16(17(19,20)21,18(22,23)24)14-8-4-12(5-9-14)15(26)27-28;18-16(19,20)15(17(21,22)23,11-5-1-9(2-6-11)13(24)28-26)12-7-3-10(4-8-12)14(25)29-27;18-16(19,20)15(17(21,22)23,11-5-1-9(2-6-11)13(24)25)12-7-3-10(4-8-12)14(26)27/h2-9,28H,1,25H2,(H2,26,27);1-8H,26-27H2,(H2,24,28)(H2,25,29);1-8H,(H3,24,25)(H3,26,27). The zero-order valence-electron chi connectivity index (χ0n) is 42.3. The molecule has 450 valence electrons. The predicted molar refractivity (Wildman–Crippen MR) is 275 cm³/mol. The molecule has 14 nitrogen and oxygen atoms in total. The van der Waals surface area contributed by atoms with Crippen molar-refractivity contribution in [2.24, 2.45) is 61.4 Å². The highest BCUT2D eigenvalue weighted by Crippen LogP contribution is 2.59. The Labute approximate surface area is 462 Å². The largest absolute Gasteiger partial charge is 0.411 e. The van der Waals surface area contributed by atoms with E-state index in [9.17, 15) is 79.0 Å². The zero-order chi connectivity index (χ0) is 64.0. The van der Waals surface area contributed by atoms with Crippen LogP contribution in [0.2, 0.25) is 0 Å². The van der Waals surface area contributed by atoms with Gasteiger partial charge in [0.1, 0.15) is 23.3 Å². The van der Waals surface area contributed by atoms with Crippen molar-refractivity contribution < 1.29 is 84.2 Å². The second kappa shape index (κ2) is 24.4. The van der Waals surface area contributed by atoms with E-state index in [2.05, 4.69) is 21.9 Å². The number of alkyl halides is 18. The van der Waals surface area contributed by atoms with Crippen LogP contribution in [0.15, 0.2) is 168 Å². The Morgan fingerprint density at radius 1 is 0.310 bits per heavy atom. The van der Waals surface area contributed by atoms with Crippen LogP contribution in [0.3, 0.4) is 0 Å². The van der Waals surface area contributed by atoms with Crippen LogP contribution in [0.25, 0.3) is 5.70 Å². The van der Waals surface area contributed by atoms with E-state index in [-0.39, 0.29) is 50.7 Å². The summed E-state index contributed by atoms with van der Waals surface area (Å²) >= 11 is 0. The Balaban J connectivity index is 0.000000270. The molecule has 6 aromatic rings. The van der Waals surface area contributed by atoms with Crippen molar-refractivity contribution >= 4 is 34.9 Å². The second-order valence-corrected chi connectivity index (χ2v) is 17.6. The van der Waals surface area contributed by atoms with Crippen LogP contribution >= 0.6 is 0 Å². The molecule has 0 aliphatic carbocycles. The second-order valence-electron chi connectivity index (χ2n) is 17.6. The van der Waals surface area contributed by atoms with Crippen LogP contribution in [0.5, 0.6) is 0 Å². The first-order valence-corrected chi connectivity index (χ1v) is 22.8. The minimum absolute atomic E-state index is 0.000661. The maximum absolute atomic E-state index is 14.0. The SMILES string of the molecule is C=C(N)c1ccc(C(c2ccc(/C(N)=N\O)cc2)(C(F)(F)F)C(F)(F)F)cc1.N=C(N)c1ccc(C(c2ccc(C(=N)N)cc2)(C(F)(F)F)C(F)(F)F)cc1.NN=C(N)c1ccc(C(c2ccc(C(N)=NN)cc2)(C(F)(F)F)C(F)(F)F)cc1. The lowest BCUT2D eigenvalue weighted by molar-refractivity contribution is -0.290. The lowest BCUT2D eigenvalue weighted by Crippen LogP contribution is -2.54. The number of halogens is 18. The van der Waals surface area contributed by atoms with E-state index in [0.29, 0.717) is 72.8 Å². The van der Waals surface area contributed by atoms with E-state index in [1.165, 1.54) is 0 Å². The van der Waals surface area contributed by atoms with E-state index in [1.807, 2.05) is 0 Å². The summed E-state index contributed by atoms with van der Waals surface area (Å²) in [5.41, 5.74) is 13.1. The number of nitrogen functional groups attached to an aromatic ring is 2. The molecule has 0 saturated carbocycles. The van der Waals surface area contributed by atoms with Gasteiger partial charge in [0.15, 0.2) is 5.84 Å². The molecule has 0 radical (unpaired) electrons. The van der Waals surface area contributed by atoms with Gasteiger partial charge >= 0.3 is 37.1 Å². The number of rotatable bonds is 12. The van der Waals surface area contributed by atoms with Gasteiger partial charge in [-0.2, -0.15) is 89.2 Å². The number of hydrogen-bond acceptors (Lipinski definition) is 9. The lowest BCUT2D eigenvalue weighted by Gasteiger charge is -2.38. The van der Waals surface area contributed by atoms with Crippen LogP contribution in [0.1, 0.15) is 66.8 Å². The van der Waals surface area contributed by atoms with Crippen molar-refractivity contribution in [2.75, 3.05) is 0 Å². The third kappa shape index (κ3) is 12.7. The minimum atomic E-state index is -5.73. The van der Waals surface area contributed by atoms with E-state index >= 15 is 0 Å². The monoisotopic (exact) mass is 1210 g/mol. The maximum atomic E-state index is 14.0. The molecule has 84 heavy (non-hydrogen) atoms. The highest BCUT2D eigenvalue weighted by Gasteiger charge is 2.74. The van der Waals surface area contributed by atoms with Crippen LogP contribution in [0, 0.1) is 10.8 Å². The first-order valence-electron chi connectivity index (χ1n) is 22.8. The van der Waals surface area contributed by atoms with E-state index < -0.39 is 104 Å². The molecule has 0 bridgehead atoms. The van der Waals surface area contributed by atoms with Crippen molar-refractivity contribution in [1.82, 2.24) is 0 Å². The fourth-order valence-electron chi connectivity index (χ4n) is 8.56. The summed E-state index contributed by atoms with van der Waals surface area (Å²) in [7, 11) is 0. The van der Waals surface area contributed by atoms with E-state index in [4.69, 9.17) is 62.1 Å². The molecule has 6 rings (SSSR count). The molecular formula is C52H45F18N13O. The minimum Gasteiger partial charge on any atom is -0.409 e. The van der Waals surface area contributed by atoms with E-state index in [1.54, 1.807) is 0 Å².